The molecule has 0 bridgehead atoms. The van der Waals surface area contributed by atoms with Crippen molar-refractivity contribution in [1.29, 1.82) is 0 Å². The van der Waals surface area contributed by atoms with Crippen LogP contribution in [0.2, 0.25) is 5.02 Å². The maximum absolute atomic E-state index is 13.0. The Balaban J connectivity index is 2.41. The van der Waals surface area contributed by atoms with E-state index in [0.29, 0.717) is 16.1 Å². The summed E-state index contributed by atoms with van der Waals surface area (Å²) in [6.45, 7) is 9.59. The second-order valence-electron chi connectivity index (χ2n) is 7.38. The normalized spacial score (nSPS) is 11.3. The number of hydrazine groups is 1. The van der Waals surface area contributed by atoms with Crippen molar-refractivity contribution in [2.24, 2.45) is 0 Å². The molecule has 26 heavy (non-hydrogen) atoms. The summed E-state index contributed by atoms with van der Waals surface area (Å²) in [6, 6.07) is 12.4. The van der Waals surface area contributed by atoms with Gasteiger partial charge in [0.1, 0.15) is 0 Å². The summed E-state index contributed by atoms with van der Waals surface area (Å²) >= 11 is 6.09. The monoisotopic (exact) mass is 372 g/mol. The molecule has 0 atom stereocenters. The molecule has 2 aromatic carbocycles. The number of halogens is 1. The average Bonchev–Trinajstić information content (AvgIpc) is 2.57. The molecule has 0 fully saturated rings. The third-order valence-electron chi connectivity index (χ3n) is 3.75. The van der Waals surface area contributed by atoms with Gasteiger partial charge in [-0.05, 0) is 75.6 Å². The summed E-state index contributed by atoms with van der Waals surface area (Å²) in [7, 11) is 0. The zero-order valence-corrected chi connectivity index (χ0v) is 16.6. The number of nitrogens with one attached hydrogen (secondary N) is 1. The molecule has 1 N–H and O–H groups in total. The first-order chi connectivity index (χ1) is 12.1. The Morgan fingerprint density at radius 1 is 1.00 bits per heavy atom. The molecule has 0 aromatic heterocycles. The van der Waals surface area contributed by atoms with E-state index in [1.807, 2.05) is 39.8 Å². The lowest BCUT2D eigenvalue weighted by Gasteiger charge is -2.30. The average molecular weight is 373 g/mol. The van der Waals surface area contributed by atoms with Gasteiger partial charge in [-0.2, -0.15) is 0 Å². The van der Waals surface area contributed by atoms with Gasteiger partial charge in [-0.15, -0.1) is 0 Å². The molecule has 0 radical (unpaired) electrons. The number of hydrogen-bond donors (Lipinski definition) is 1. The predicted octanol–water partition coefficient (Wildman–Crippen LogP) is 4.80. The Morgan fingerprint density at radius 2 is 1.58 bits per heavy atom. The molecule has 2 amide bonds. The highest BCUT2D eigenvalue weighted by Gasteiger charge is 2.28. The lowest BCUT2D eigenvalue weighted by molar-refractivity contribution is 0.0452. The van der Waals surface area contributed by atoms with E-state index in [1.54, 1.807) is 30.3 Å². The first-order valence-corrected chi connectivity index (χ1v) is 9.01. The number of rotatable bonds is 4. The minimum Gasteiger partial charge on any atom is -0.267 e. The largest absolute Gasteiger partial charge is 0.275 e. The number of benzene rings is 2. The minimum absolute atomic E-state index is 0.366. The Hall–Kier alpha value is -2.17. The lowest BCUT2D eigenvalue weighted by Crippen LogP contribution is -2.54. The fourth-order valence-corrected chi connectivity index (χ4v) is 2.82. The maximum atomic E-state index is 13.0. The Bertz CT molecular complexity index is 788. The van der Waals surface area contributed by atoms with E-state index in [0.717, 1.165) is 22.6 Å². The van der Waals surface area contributed by atoms with Gasteiger partial charge in [-0.1, -0.05) is 30.7 Å². The van der Waals surface area contributed by atoms with Crippen LogP contribution in [-0.4, -0.2) is 22.4 Å². The van der Waals surface area contributed by atoms with Gasteiger partial charge in [-0.3, -0.25) is 9.59 Å². The molecule has 2 rings (SSSR count). The highest BCUT2D eigenvalue weighted by molar-refractivity contribution is 6.31. The van der Waals surface area contributed by atoms with E-state index in [1.165, 1.54) is 0 Å². The molecule has 0 aliphatic rings. The van der Waals surface area contributed by atoms with Crippen molar-refractivity contribution in [1.82, 2.24) is 10.4 Å². The summed E-state index contributed by atoms with van der Waals surface area (Å²) in [6.07, 6.45) is 0.888. The first kappa shape index (κ1) is 20.1. The zero-order valence-electron chi connectivity index (χ0n) is 15.9. The van der Waals surface area contributed by atoms with Crippen LogP contribution in [0.15, 0.2) is 42.5 Å². The number of nitrogens with zero attached hydrogens (tertiary/aromatic N) is 1. The fourth-order valence-electron chi connectivity index (χ4n) is 2.53. The molecule has 0 spiro atoms. The molecule has 0 heterocycles. The van der Waals surface area contributed by atoms with Crippen LogP contribution in [0.5, 0.6) is 0 Å². The first-order valence-electron chi connectivity index (χ1n) is 8.63. The van der Waals surface area contributed by atoms with Crippen molar-refractivity contribution in [3.05, 3.63) is 69.7 Å². The summed E-state index contributed by atoms with van der Waals surface area (Å²) in [4.78, 5) is 26.1. The summed E-state index contributed by atoms with van der Waals surface area (Å²) < 4.78 is 0. The van der Waals surface area contributed by atoms with Gasteiger partial charge < -0.3 is 0 Å². The van der Waals surface area contributed by atoms with Crippen LogP contribution in [0, 0.1) is 6.92 Å². The molecule has 0 unspecified atom stereocenters. The van der Waals surface area contributed by atoms with Crippen LogP contribution >= 0.6 is 11.6 Å². The highest BCUT2D eigenvalue weighted by atomic mass is 35.5. The SMILES string of the molecule is CCc1ccc(C(=O)N(NC(C)(C)C)C(=O)c2cc(C)cc(Cl)c2)cc1. The van der Waals surface area contributed by atoms with Gasteiger partial charge in [0.05, 0.1) is 0 Å². The minimum atomic E-state index is -0.470. The van der Waals surface area contributed by atoms with E-state index in [2.05, 4.69) is 12.3 Å². The van der Waals surface area contributed by atoms with Crippen molar-refractivity contribution in [3.8, 4) is 0 Å². The highest BCUT2D eigenvalue weighted by Crippen LogP contribution is 2.18. The van der Waals surface area contributed by atoms with Gasteiger partial charge in [0, 0.05) is 21.7 Å². The van der Waals surface area contributed by atoms with Crippen LogP contribution in [0.25, 0.3) is 0 Å². The molecule has 5 heteroatoms. The molecule has 0 saturated heterocycles. The third-order valence-corrected chi connectivity index (χ3v) is 3.97. The van der Waals surface area contributed by atoms with Crippen molar-refractivity contribution < 1.29 is 9.59 Å². The molecular weight excluding hydrogens is 348 g/mol. The Labute approximate surface area is 160 Å². The predicted molar refractivity (Wildman–Crippen MR) is 105 cm³/mol. The molecule has 0 aliphatic heterocycles. The Kier molecular flexibility index (Phi) is 6.21. The second kappa shape index (κ2) is 8.02. The molecule has 4 nitrogen and oxygen atoms in total. The van der Waals surface area contributed by atoms with Gasteiger partial charge in [0.15, 0.2) is 0 Å². The lowest BCUT2D eigenvalue weighted by atomic mass is 10.1. The van der Waals surface area contributed by atoms with E-state index in [-0.39, 0.29) is 0 Å². The van der Waals surface area contributed by atoms with Crippen LogP contribution in [0.3, 0.4) is 0 Å². The van der Waals surface area contributed by atoms with Gasteiger partial charge in [0.25, 0.3) is 11.8 Å². The molecule has 0 aliphatic carbocycles. The van der Waals surface area contributed by atoms with Crippen LogP contribution in [-0.2, 0) is 6.42 Å². The van der Waals surface area contributed by atoms with Crippen LogP contribution in [0.4, 0.5) is 0 Å². The summed E-state index contributed by atoms with van der Waals surface area (Å²) in [5, 5.41) is 1.54. The summed E-state index contributed by atoms with van der Waals surface area (Å²) in [5.41, 5.74) is 5.35. The van der Waals surface area contributed by atoms with Crippen molar-refractivity contribution in [3.63, 3.8) is 0 Å². The van der Waals surface area contributed by atoms with Crippen molar-refractivity contribution in [2.75, 3.05) is 0 Å². The standard InChI is InChI=1S/C21H25ClN2O2/c1-6-15-7-9-16(10-8-15)19(25)24(23-21(3,4)5)20(26)17-11-14(2)12-18(22)13-17/h7-13,23H,6H2,1-5H3. The number of imide groups is 1. The van der Waals surface area contributed by atoms with Crippen molar-refractivity contribution >= 4 is 23.4 Å². The second-order valence-corrected chi connectivity index (χ2v) is 7.81. The molecular formula is C21H25ClN2O2. The maximum Gasteiger partial charge on any atom is 0.275 e. The molecule has 138 valence electrons. The number of carbonyl (C=O) groups is 2. The van der Waals surface area contributed by atoms with Crippen LogP contribution < -0.4 is 5.43 Å². The quantitative estimate of drug-likeness (QED) is 0.619. The van der Waals surface area contributed by atoms with E-state index >= 15 is 0 Å². The van der Waals surface area contributed by atoms with Gasteiger partial charge >= 0.3 is 0 Å². The molecule has 0 saturated carbocycles. The smallest absolute Gasteiger partial charge is 0.267 e. The Morgan fingerprint density at radius 3 is 2.08 bits per heavy atom. The number of carbonyl (C=O) groups excluding carboxylic acids is 2. The van der Waals surface area contributed by atoms with Gasteiger partial charge in [0.2, 0.25) is 0 Å². The third kappa shape index (κ3) is 5.16. The van der Waals surface area contributed by atoms with E-state index in [4.69, 9.17) is 11.6 Å². The topological polar surface area (TPSA) is 49.4 Å². The zero-order chi connectivity index (χ0) is 19.5. The number of amides is 2. The van der Waals surface area contributed by atoms with E-state index in [9.17, 15) is 9.59 Å². The van der Waals surface area contributed by atoms with Crippen LogP contribution in [0.1, 0.15) is 59.5 Å². The fraction of sp³-hybridized carbons (Fsp3) is 0.333. The van der Waals surface area contributed by atoms with Crippen molar-refractivity contribution in [2.45, 2.75) is 46.6 Å². The van der Waals surface area contributed by atoms with E-state index < -0.39 is 17.4 Å². The summed E-state index contributed by atoms with van der Waals surface area (Å²) in [5.74, 6) is -0.833. The van der Waals surface area contributed by atoms with Gasteiger partial charge in [-0.25, -0.2) is 10.4 Å². The number of aryl methyl sites for hydroxylation is 2. The number of hydrogen-bond acceptors (Lipinski definition) is 3. The molecule has 2 aromatic rings.